The molecule has 0 fully saturated rings. The van der Waals surface area contributed by atoms with E-state index in [-0.39, 0.29) is 6.61 Å². The molecule has 0 aliphatic rings. The molecule has 0 rings (SSSR count). The van der Waals surface area contributed by atoms with Crippen LogP contribution in [0, 0.1) is 0 Å². The molecule has 0 aliphatic carbocycles. The highest BCUT2D eigenvalue weighted by molar-refractivity contribution is 7.80. The van der Waals surface area contributed by atoms with Crippen molar-refractivity contribution in [1.29, 1.82) is 0 Å². The SMILES string of the molecule is CCCCC=CCCCCCCCCOS(=O)(=O)O. The van der Waals surface area contributed by atoms with Crippen LogP contribution in [0.2, 0.25) is 0 Å². The molecule has 0 aromatic carbocycles. The molecule has 4 nitrogen and oxygen atoms in total. The molecule has 0 spiro atoms. The molecule has 0 amide bonds. The summed E-state index contributed by atoms with van der Waals surface area (Å²) in [5.74, 6) is 0. The average molecular weight is 292 g/mol. The maximum absolute atomic E-state index is 10.3. The van der Waals surface area contributed by atoms with Gasteiger partial charge in [0.15, 0.2) is 0 Å². The van der Waals surface area contributed by atoms with Crippen LogP contribution in [0.3, 0.4) is 0 Å². The van der Waals surface area contributed by atoms with Gasteiger partial charge in [0.2, 0.25) is 0 Å². The van der Waals surface area contributed by atoms with Gasteiger partial charge in [0.05, 0.1) is 6.61 Å². The Morgan fingerprint density at radius 1 is 0.895 bits per heavy atom. The van der Waals surface area contributed by atoms with E-state index in [1.807, 2.05) is 0 Å². The van der Waals surface area contributed by atoms with E-state index in [1.165, 1.54) is 38.5 Å². The second kappa shape index (κ2) is 12.6. The van der Waals surface area contributed by atoms with E-state index in [0.29, 0.717) is 6.42 Å². The van der Waals surface area contributed by atoms with Crippen molar-refractivity contribution in [3.63, 3.8) is 0 Å². The van der Waals surface area contributed by atoms with E-state index < -0.39 is 10.4 Å². The molecule has 0 unspecified atom stereocenters. The quantitative estimate of drug-likeness (QED) is 0.312. The van der Waals surface area contributed by atoms with E-state index in [9.17, 15) is 8.42 Å². The van der Waals surface area contributed by atoms with Crippen LogP contribution in [-0.4, -0.2) is 19.6 Å². The summed E-state index contributed by atoms with van der Waals surface area (Å²) in [4.78, 5) is 0. The molecule has 0 atom stereocenters. The van der Waals surface area contributed by atoms with Gasteiger partial charge < -0.3 is 0 Å². The second-order valence-electron chi connectivity index (χ2n) is 4.77. The van der Waals surface area contributed by atoms with Crippen molar-refractivity contribution in [2.24, 2.45) is 0 Å². The molecule has 0 radical (unpaired) electrons. The van der Waals surface area contributed by atoms with Gasteiger partial charge in [-0.05, 0) is 25.7 Å². The summed E-state index contributed by atoms with van der Waals surface area (Å²) in [6.07, 6.45) is 15.8. The first-order valence-electron chi connectivity index (χ1n) is 7.33. The molecule has 0 heterocycles. The van der Waals surface area contributed by atoms with Crippen molar-refractivity contribution in [2.45, 2.75) is 71.1 Å². The summed E-state index contributed by atoms with van der Waals surface area (Å²) in [5.41, 5.74) is 0. The first kappa shape index (κ1) is 18.6. The summed E-state index contributed by atoms with van der Waals surface area (Å²) in [6, 6.07) is 0. The minimum absolute atomic E-state index is 0.0823. The van der Waals surface area contributed by atoms with Gasteiger partial charge in [-0.25, -0.2) is 4.18 Å². The Kier molecular flexibility index (Phi) is 12.4. The lowest BCUT2D eigenvalue weighted by Crippen LogP contribution is -2.04. The Morgan fingerprint density at radius 3 is 2.00 bits per heavy atom. The third kappa shape index (κ3) is 17.6. The van der Waals surface area contributed by atoms with Crippen molar-refractivity contribution in [3.05, 3.63) is 12.2 Å². The van der Waals surface area contributed by atoms with Crippen LogP contribution in [-0.2, 0) is 14.6 Å². The van der Waals surface area contributed by atoms with E-state index in [2.05, 4.69) is 23.3 Å². The van der Waals surface area contributed by atoms with Crippen LogP contribution >= 0.6 is 0 Å². The van der Waals surface area contributed by atoms with E-state index in [0.717, 1.165) is 19.3 Å². The van der Waals surface area contributed by atoms with Crippen molar-refractivity contribution in [1.82, 2.24) is 0 Å². The standard InChI is InChI=1S/C14H28O4S/c1-2-3-4-5-6-7-8-9-10-11-12-13-14-18-19(15,16)17/h5-6H,2-4,7-14H2,1H3,(H,15,16,17). The lowest BCUT2D eigenvalue weighted by atomic mass is 10.1. The minimum Gasteiger partial charge on any atom is -0.264 e. The zero-order chi connectivity index (χ0) is 14.4. The molecule has 1 N–H and O–H groups in total. The van der Waals surface area contributed by atoms with Crippen molar-refractivity contribution < 1.29 is 17.2 Å². The Morgan fingerprint density at radius 2 is 1.42 bits per heavy atom. The summed E-state index contributed by atoms with van der Waals surface area (Å²) in [5, 5.41) is 0. The molecule has 0 aliphatic heterocycles. The zero-order valence-corrected chi connectivity index (χ0v) is 12.8. The molecule has 114 valence electrons. The molecular formula is C14H28O4S. The van der Waals surface area contributed by atoms with Gasteiger partial charge >= 0.3 is 10.4 Å². The third-order valence-corrected chi connectivity index (χ3v) is 3.35. The predicted molar refractivity (Wildman–Crippen MR) is 78.5 cm³/mol. The summed E-state index contributed by atoms with van der Waals surface area (Å²) in [6.45, 7) is 2.29. The van der Waals surface area contributed by atoms with Crippen molar-refractivity contribution in [3.8, 4) is 0 Å². The fourth-order valence-electron chi connectivity index (χ4n) is 1.79. The maximum Gasteiger partial charge on any atom is 0.397 e. The number of unbranched alkanes of at least 4 members (excludes halogenated alkanes) is 8. The highest BCUT2D eigenvalue weighted by Gasteiger charge is 2.02. The van der Waals surface area contributed by atoms with E-state index in [1.54, 1.807) is 0 Å². The van der Waals surface area contributed by atoms with E-state index >= 15 is 0 Å². The monoisotopic (exact) mass is 292 g/mol. The molecule has 0 saturated heterocycles. The van der Waals surface area contributed by atoms with Gasteiger partial charge in [0.25, 0.3) is 0 Å². The Balaban J connectivity index is 3.13. The summed E-state index contributed by atoms with van der Waals surface area (Å²) < 4.78 is 33.1. The van der Waals surface area contributed by atoms with Gasteiger partial charge in [-0.1, -0.05) is 57.6 Å². The van der Waals surface area contributed by atoms with Gasteiger partial charge in [-0.3, -0.25) is 4.55 Å². The smallest absolute Gasteiger partial charge is 0.264 e. The molecule has 0 aromatic rings. The van der Waals surface area contributed by atoms with Crippen LogP contribution in [0.4, 0.5) is 0 Å². The topological polar surface area (TPSA) is 63.6 Å². The number of hydrogen-bond donors (Lipinski definition) is 1. The fourth-order valence-corrected chi connectivity index (χ4v) is 2.12. The molecule has 0 bridgehead atoms. The largest absolute Gasteiger partial charge is 0.397 e. The van der Waals surface area contributed by atoms with Crippen LogP contribution in [0.15, 0.2) is 12.2 Å². The first-order valence-corrected chi connectivity index (χ1v) is 8.69. The van der Waals surface area contributed by atoms with Gasteiger partial charge in [0, 0.05) is 0 Å². The predicted octanol–water partition coefficient (Wildman–Crippen LogP) is 4.28. The summed E-state index contributed by atoms with van der Waals surface area (Å²) >= 11 is 0. The lowest BCUT2D eigenvalue weighted by molar-refractivity contribution is 0.261. The molecular weight excluding hydrogens is 264 g/mol. The molecule has 0 saturated carbocycles. The second-order valence-corrected chi connectivity index (χ2v) is 5.86. The van der Waals surface area contributed by atoms with Crippen molar-refractivity contribution in [2.75, 3.05) is 6.61 Å². The van der Waals surface area contributed by atoms with Gasteiger partial charge in [0.1, 0.15) is 0 Å². The molecule has 5 heteroatoms. The molecule has 19 heavy (non-hydrogen) atoms. The Labute approximate surface area is 118 Å². The normalized spacial score (nSPS) is 12.3. The molecule has 0 aromatic heterocycles. The third-order valence-electron chi connectivity index (χ3n) is 2.89. The highest BCUT2D eigenvalue weighted by Crippen LogP contribution is 2.08. The maximum atomic E-state index is 10.3. The van der Waals surface area contributed by atoms with E-state index in [4.69, 9.17) is 4.55 Å². The average Bonchev–Trinajstić information content (AvgIpc) is 2.34. The van der Waals surface area contributed by atoms with Gasteiger partial charge in [-0.15, -0.1) is 0 Å². The highest BCUT2D eigenvalue weighted by atomic mass is 32.3. The van der Waals surface area contributed by atoms with Crippen LogP contribution in [0.1, 0.15) is 71.1 Å². The minimum atomic E-state index is -4.25. The summed E-state index contributed by atoms with van der Waals surface area (Å²) in [7, 11) is -4.25. The Hall–Kier alpha value is -0.390. The van der Waals surface area contributed by atoms with Crippen molar-refractivity contribution >= 4 is 10.4 Å². The number of allylic oxidation sites excluding steroid dienone is 2. The first-order chi connectivity index (χ1) is 9.06. The van der Waals surface area contributed by atoms with Crippen LogP contribution < -0.4 is 0 Å². The zero-order valence-electron chi connectivity index (χ0n) is 12.0. The number of hydrogen-bond acceptors (Lipinski definition) is 3. The van der Waals surface area contributed by atoms with Crippen LogP contribution in [0.5, 0.6) is 0 Å². The Bertz CT molecular complexity index is 309. The van der Waals surface area contributed by atoms with Gasteiger partial charge in [-0.2, -0.15) is 8.42 Å². The van der Waals surface area contributed by atoms with Crippen LogP contribution in [0.25, 0.3) is 0 Å². The number of rotatable bonds is 13. The fraction of sp³-hybridized carbons (Fsp3) is 0.857. The lowest BCUT2D eigenvalue weighted by Gasteiger charge is -2.01.